The third-order valence-electron chi connectivity index (χ3n) is 2.36. The number of carboxylic acids is 1. The Morgan fingerprint density at radius 3 is 2.45 bits per heavy atom. The molecule has 0 aliphatic rings. The highest BCUT2D eigenvalue weighted by atomic mass is 19.4. The number of furan rings is 1. The topological polar surface area (TPSA) is 62.5 Å². The first-order chi connectivity index (χ1) is 9.27. The van der Waals surface area contributed by atoms with Gasteiger partial charge in [0.05, 0.1) is 5.56 Å². The van der Waals surface area contributed by atoms with Gasteiger partial charge in [-0.1, -0.05) is 0 Å². The fourth-order valence-corrected chi connectivity index (χ4v) is 1.48. The van der Waals surface area contributed by atoms with Crippen LogP contribution in [0.5, 0.6) is 0 Å². The molecule has 20 heavy (non-hydrogen) atoms. The molecule has 0 saturated heterocycles. The summed E-state index contributed by atoms with van der Waals surface area (Å²) < 4.78 is 55.4. The number of anilines is 2. The lowest BCUT2D eigenvalue weighted by atomic mass is 10.2. The maximum absolute atomic E-state index is 13.1. The van der Waals surface area contributed by atoms with Crippen molar-refractivity contribution in [2.75, 3.05) is 5.32 Å². The van der Waals surface area contributed by atoms with Crippen molar-refractivity contribution in [3.8, 4) is 0 Å². The number of carbonyl (C=O) groups is 1. The average molecular weight is 289 g/mol. The van der Waals surface area contributed by atoms with Gasteiger partial charge in [0.2, 0.25) is 5.76 Å². The van der Waals surface area contributed by atoms with E-state index in [4.69, 9.17) is 9.52 Å². The second-order valence-corrected chi connectivity index (χ2v) is 3.79. The van der Waals surface area contributed by atoms with Crippen LogP contribution < -0.4 is 5.32 Å². The van der Waals surface area contributed by atoms with Crippen molar-refractivity contribution in [2.24, 2.45) is 0 Å². The van der Waals surface area contributed by atoms with Gasteiger partial charge in [-0.05, 0) is 24.3 Å². The van der Waals surface area contributed by atoms with E-state index in [2.05, 4.69) is 5.32 Å². The summed E-state index contributed by atoms with van der Waals surface area (Å²) >= 11 is 0. The van der Waals surface area contributed by atoms with Crippen LogP contribution in [0.3, 0.4) is 0 Å². The lowest BCUT2D eigenvalue weighted by Crippen LogP contribution is -2.08. The van der Waals surface area contributed by atoms with Gasteiger partial charge >= 0.3 is 12.1 Å². The SMILES string of the molecule is O=C(O)c1ccc(Nc2ccc(F)c(C(F)(F)F)c2)o1. The number of halogens is 4. The molecule has 2 N–H and O–H groups in total. The predicted octanol–water partition coefficient (Wildman–Crippen LogP) is 3.88. The molecule has 0 fully saturated rings. The van der Waals surface area contributed by atoms with Crippen molar-refractivity contribution in [2.45, 2.75) is 6.18 Å². The fraction of sp³-hybridized carbons (Fsp3) is 0.0833. The smallest absolute Gasteiger partial charge is 0.419 e. The van der Waals surface area contributed by atoms with Gasteiger partial charge in [0.15, 0.2) is 5.88 Å². The molecule has 0 aliphatic heterocycles. The van der Waals surface area contributed by atoms with E-state index >= 15 is 0 Å². The number of hydrogen-bond acceptors (Lipinski definition) is 3. The molecule has 2 rings (SSSR count). The van der Waals surface area contributed by atoms with Gasteiger partial charge in [0, 0.05) is 11.8 Å². The summed E-state index contributed by atoms with van der Waals surface area (Å²) in [7, 11) is 0. The second-order valence-electron chi connectivity index (χ2n) is 3.79. The van der Waals surface area contributed by atoms with Crippen LogP contribution in [0.4, 0.5) is 29.1 Å². The first-order valence-corrected chi connectivity index (χ1v) is 5.24. The van der Waals surface area contributed by atoms with E-state index < -0.39 is 23.5 Å². The van der Waals surface area contributed by atoms with Crippen molar-refractivity contribution in [3.05, 3.63) is 47.5 Å². The molecule has 0 amide bonds. The Morgan fingerprint density at radius 2 is 1.90 bits per heavy atom. The van der Waals surface area contributed by atoms with Crippen LogP contribution in [0.15, 0.2) is 34.7 Å². The first kappa shape index (κ1) is 13.9. The molecular weight excluding hydrogens is 282 g/mol. The minimum Gasteiger partial charge on any atom is -0.475 e. The van der Waals surface area contributed by atoms with Gasteiger partial charge in [0.1, 0.15) is 5.82 Å². The van der Waals surface area contributed by atoms with Crippen molar-refractivity contribution in [1.82, 2.24) is 0 Å². The van der Waals surface area contributed by atoms with E-state index in [-0.39, 0.29) is 17.3 Å². The van der Waals surface area contributed by atoms with Gasteiger partial charge in [-0.3, -0.25) is 0 Å². The van der Waals surface area contributed by atoms with E-state index in [9.17, 15) is 22.4 Å². The molecule has 1 aromatic heterocycles. The molecular formula is C12H7F4NO3. The number of benzene rings is 1. The van der Waals surface area contributed by atoms with E-state index in [1.807, 2.05) is 0 Å². The van der Waals surface area contributed by atoms with Crippen LogP contribution in [-0.4, -0.2) is 11.1 Å². The molecule has 0 unspecified atom stereocenters. The Morgan fingerprint density at radius 1 is 1.20 bits per heavy atom. The van der Waals surface area contributed by atoms with Crippen LogP contribution in [0.2, 0.25) is 0 Å². The van der Waals surface area contributed by atoms with Crippen LogP contribution >= 0.6 is 0 Å². The van der Waals surface area contributed by atoms with Gasteiger partial charge < -0.3 is 14.8 Å². The average Bonchev–Trinajstić information content (AvgIpc) is 2.79. The summed E-state index contributed by atoms with van der Waals surface area (Å²) in [4.78, 5) is 10.6. The van der Waals surface area contributed by atoms with E-state index in [0.717, 1.165) is 12.1 Å². The molecule has 1 aromatic carbocycles. The zero-order valence-corrected chi connectivity index (χ0v) is 9.66. The van der Waals surface area contributed by atoms with Gasteiger partial charge in [0.25, 0.3) is 0 Å². The Bertz CT molecular complexity index is 648. The standard InChI is InChI=1S/C12H7F4NO3/c13-8-2-1-6(5-7(8)12(14,15)16)17-10-4-3-9(20-10)11(18)19/h1-5,17H,(H,18,19). The zero-order valence-electron chi connectivity index (χ0n) is 9.66. The molecule has 2 aromatic rings. The van der Waals surface area contributed by atoms with Crippen LogP contribution in [-0.2, 0) is 6.18 Å². The quantitative estimate of drug-likeness (QED) is 0.842. The third kappa shape index (κ3) is 2.90. The van der Waals surface area contributed by atoms with Crippen LogP contribution in [0.1, 0.15) is 16.1 Å². The fourth-order valence-electron chi connectivity index (χ4n) is 1.48. The molecule has 8 heteroatoms. The lowest BCUT2D eigenvalue weighted by molar-refractivity contribution is -0.139. The number of aromatic carboxylic acids is 1. The predicted molar refractivity (Wildman–Crippen MR) is 60.4 cm³/mol. The van der Waals surface area contributed by atoms with E-state index in [1.54, 1.807) is 0 Å². The van der Waals surface area contributed by atoms with Gasteiger partial charge in [-0.25, -0.2) is 9.18 Å². The lowest BCUT2D eigenvalue weighted by Gasteiger charge is -2.10. The highest BCUT2D eigenvalue weighted by molar-refractivity contribution is 5.85. The maximum Gasteiger partial charge on any atom is 0.419 e. The minimum atomic E-state index is -4.82. The summed E-state index contributed by atoms with van der Waals surface area (Å²) in [5.74, 6) is -3.14. The van der Waals surface area contributed by atoms with Crippen LogP contribution in [0.25, 0.3) is 0 Å². The molecule has 0 bridgehead atoms. The summed E-state index contributed by atoms with van der Waals surface area (Å²) in [6.45, 7) is 0. The number of carboxylic acid groups (broad SMARTS) is 1. The first-order valence-electron chi connectivity index (χ1n) is 5.24. The van der Waals surface area contributed by atoms with Gasteiger partial charge in [-0.15, -0.1) is 0 Å². The number of rotatable bonds is 3. The minimum absolute atomic E-state index is 0.0675. The second kappa shape index (κ2) is 4.87. The highest BCUT2D eigenvalue weighted by Gasteiger charge is 2.34. The number of nitrogens with one attached hydrogen (secondary N) is 1. The third-order valence-corrected chi connectivity index (χ3v) is 2.36. The molecule has 4 nitrogen and oxygen atoms in total. The Labute approximate surface area is 109 Å². The summed E-state index contributed by atoms with van der Waals surface area (Å²) in [5, 5.41) is 11.1. The summed E-state index contributed by atoms with van der Waals surface area (Å²) in [5.41, 5.74) is -1.50. The molecule has 0 saturated carbocycles. The highest BCUT2D eigenvalue weighted by Crippen LogP contribution is 2.33. The van der Waals surface area contributed by atoms with Crippen molar-refractivity contribution in [3.63, 3.8) is 0 Å². The summed E-state index contributed by atoms with van der Waals surface area (Å²) in [6.07, 6.45) is -4.82. The zero-order chi connectivity index (χ0) is 14.9. The Kier molecular flexibility index (Phi) is 3.39. The molecule has 0 aliphatic carbocycles. The van der Waals surface area contributed by atoms with Crippen molar-refractivity contribution < 1.29 is 31.9 Å². The Balaban J connectivity index is 2.27. The molecule has 1 heterocycles. The van der Waals surface area contributed by atoms with Crippen LogP contribution in [0, 0.1) is 5.82 Å². The number of hydrogen-bond donors (Lipinski definition) is 2. The monoisotopic (exact) mass is 289 g/mol. The summed E-state index contributed by atoms with van der Waals surface area (Å²) in [6, 6.07) is 4.68. The van der Waals surface area contributed by atoms with E-state index in [0.29, 0.717) is 12.1 Å². The van der Waals surface area contributed by atoms with Gasteiger partial charge in [-0.2, -0.15) is 13.2 Å². The van der Waals surface area contributed by atoms with Crippen molar-refractivity contribution >= 4 is 17.5 Å². The molecule has 0 atom stereocenters. The van der Waals surface area contributed by atoms with Crippen molar-refractivity contribution in [1.29, 1.82) is 0 Å². The largest absolute Gasteiger partial charge is 0.475 e. The normalized spacial score (nSPS) is 11.4. The molecule has 106 valence electrons. The molecule has 0 spiro atoms. The Hall–Kier alpha value is -2.51. The maximum atomic E-state index is 13.1. The molecule has 0 radical (unpaired) electrons. The number of alkyl halides is 3. The van der Waals surface area contributed by atoms with E-state index in [1.165, 1.54) is 6.07 Å².